The molecule has 2 atom stereocenters. The lowest BCUT2D eigenvalue weighted by Crippen LogP contribution is -2.51. The van der Waals surface area contributed by atoms with Crippen molar-refractivity contribution >= 4 is 23.2 Å². The Bertz CT molecular complexity index is 506. The van der Waals surface area contributed by atoms with Crippen molar-refractivity contribution in [2.75, 3.05) is 32.9 Å². The van der Waals surface area contributed by atoms with Crippen LogP contribution in [0.25, 0.3) is 0 Å². The molecule has 0 unspecified atom stereocenters. The lowest BCUT2D eigenvalue weighted by molar-refractivity contribution is -0.0647. The average Bonchev–Trinajstić information content (AvgIpc) is 2.59. The Kier molecular flexibility index (Phi) is 6.61. The van der Waals surface area contributed by atoms with E-state index >= 15 is 0 Å². The third kappa shape index (κ3) is 4.83. The highest BCUT2D eigenvalue weighted by atomic mass is 35.5. The number of hydrogen-bond donors (Lipinski definition) is 0. The van der Waals surface area contributed by atoms with Gasteiger partial charge in [-0.3, -0.25) is 4.90 Å². The molecule has 2 fully saturated rings. The molecular formula is C18H25Cl2NO2. The van der Waals surface area contributed by atoms with Gasteiger partial charge in [0.15, 0.2) is 0 Å². The van der Waals surface area contributed by atoms with Crippen molar-refractivity contribution in [3.8, 4) is 0 Å². The zero-order valence-corrected chi connectivity index (χ0v) is 15.0. The maximum Gasteiger partial charge on any atom is 0.0730 e. The second-order valence-corrected chi connectivity index (χ2v) is 7.22. The smallest absolute Gasteiger partial charge is 0.0730 e. The highest BCUT2D eigenvalue weighted by Gasteiger charge is 2.31. The van der Waals surface area contributed by atoms with Gasteiger partial charge in [0.2, 0.25) is 0 Å². The maximum atomic E-state index is 6.26. The van der Waals surface area contributed by atoms with Crippen molar-refractivity contribution < 1.29 is 9.47 Å². The van der Waals surface area contributed by atoms with Gasteiger partial charge in [0.25, 0.3) is 0 Å². The van der Waals surface area contributed by atoms with Gasteiger partial charge in [0, 0.05) is 19.1 Å². The molecule has 1 aromatic carbocycles. The van der Waals surface area contributed by atoms with Crippen LogP contribution in [0.4, 0.5) is 0 Å². The van der Waals surface area contributed by atoms with Crippen LogP contribution in [-0.2, 0) is 15.9 Å². The summed E-state index contributed by atoms with van der Waals surface area (Å²) in [4.78, 5) is 2.56. The molecule has 3 rings (SSSR count). The van der Waals surface area contributed by atoms with E-state index in [1.54, 1.807) is 0 Å². The minimum atomic E-state index is 0.352. The third-order valence-electron chi connectivity index (χ3n) is 4.89. The summed E-state index contributed by atoms with van der Waals surface area (Å²) in [6, 6.07) is 6.38. The summed E-state index contributed by atoms with van der Waals surface area (Å²) in [7, 11) is 0. The summed E-state index contributed by atoms with van der Waals surface area (Å²) in [6.45, 7) is 4.52. The molecule has 2 aliphatic rings. The van der Waals surface area contributed by atoms with Gasteiger partial charge in [0.1, 0.15) is 0 Å². The van der Waals surface area contributed by atoms with Crippen LogP contribution in [-0.4, -0.2) is 50.0 Å². The number of halogens is 2. The quantitative estimate of drug-likeness (QED) is 0.788. The first kappa shape index (κ1) is 17.5. The van der Waals surface area contributed by atoms with Gasteiger partial charge in [-0.15, -0.1) is 0 Å². The van der Waals surface area contributed by atoms with E-state index in [2.05, 4.69) is 4.90 Å². The van der Waals surface area contributed by atoms with Crippen LogP contribution in [0.1, 0.15) is 31.2 Å². The molecule has 1 saturated carbocycles. The van der Waals surface area contributed by atoms with Crippen molar-refractivity contribution in [1.82, 2.24) is 4.90 Å². The Morgan fingerprint density at radius 2 is 1.87 bits per heavy atom. The molecule has 0 bridgehead atoms. The van der Waals surface area contributed by atoms with Crippen LogP contribution < -0.4 is 0 Å². The first-order chi connectivity index (χ1) is 11.2. The molecule has 1 aromatic rings. The summed E-state index contributed by atoms with van der Waals surface area (Å²) in [6.07, 6.45) is 6.24. The molecule has 0 N–H and O–H groups in total. The molecule has 1 aliphatic heterocycles. The second-order valence-electron chi connectivity index (χ2n) is 6.41. The maximum absolute atomic E-state index is 6.26. The van der Waals surface area contributed by atoms with Crippen molar-refractivity contribution in [2.45, 2.75) is 44.2 Å². The molecule has 128 valence electrons. The van der Waals surface area contributed by atoms with E-state index in [1.165, 1.54) is 31.2 Å². The lowest BCUT2D eigenvalue weighted by Gasteiger charge is -2.41. The predicted molar refractivity (Wildman–Crippen MR) is 94.6 cm³/mol. The van der Waals surface area contributed by atoms with E-state index in [9.17, 15) is 0 Å². The normalized spacial score (nSPS) is 26.3. The Labute approximate surface area is 148 Å². The molecule has 1 aliphatic carbocycles. The van der Waals surface area contributed by atoms with Crippen molar-refractivity contribution in [3.63, 3.8) is 0 Å². The van der Waals surface area contributed by atoms with E-state index in [0.717, 1.165) is 39.3 Å². The Hall–Kier alpha value is -0.320. The van der Waals surface area contributed by atoms with Crippen LogP contribution in [0, 0.1) is 0 Å². The van der Waals surface area contributed by atoms with E-state index in [4.69, 9.17) is 32.7 Å². The van der Waals surface area contributed by atoms with Crippen LogP contribution in [0.15, 0.2) is 18.2 Å². The highest BCUT2D eigenvalue weighted by molar-refractivity contribution is 6.42. The summed E-state index contributed by atoms with van der Waals surface area (Å²) < 4.78 is 11.7. The van der Waals surface area contributed by atoms with E-state index in [0.29, 0.717) is 22.2 Å². The zero-order chi connectivity index (χ0) is 16.1. The summed E-state index contributed by atoms with van der Waals surface area (Å²) >= 11 is 12.0. The van der Waals surface area contributed by atoms with Gasteiger partial charge in [-0.1, -0.05) is 42.1 Å². The van der Waals surface area contributed by atoms with Gasteiger partial charge in [-0.25, -0.2) is 0 Å². The fourth-order valence-corrected chi connectivity index (χ4v) is 3.94. The zero-order valence-electron chi connectivity index (χ0n) is 13.5. The first-order valence-corrected chi connectivity index (χ1v) is 9.37. The van der Waals surface area contributed by atoms with Crippen LogP contribution >= 0.6 is 23.2 Å². The molecule has 0 radical (unpaired) electrons. The van der Waals surface area contributed by atoms with Crippen molar-refractivity contribution in [3.05, 3.63) is 33.8 Å². The molecule has 23 heavy (non-hydrogen) atoms. The number of rotatable bonds is 5. The number of benzene rings is 1. The fourth-order valence-electron chi connectivity index (χ4n) is 3.62. The largest absolute Gasteiger partial charge is 0.379 e. The number of nitrogens with zero attached hydrogens (tertiary/aromatic N) is 1. The third-order valence-corrected chi connectivity index (χ3v) is 5.63. The fraction of sp³-hybridized carbons (Fsp3) is 0.667. The molecule has 1 saturated heterocycles. The van der Waals surface area contributed by atoms with Crippen LogP contribution in [0.3, 0.4) is 0 Å². The van der Waals surface area contributed by atoms with Crippen molar-refractivity contribution in [2.24, 2.45) is 0 Å². The first-order valence-electron chi connectivity index (χ1n) is 8.61. The predicted octanol–water partition coefficient (Wildman–Crippen LogP) is 4.20. The molecule has 1 heterocycles. The minimum absolute atomic E-state index is 0.352. The Morgan fingerprint density at radius 3 is 2.65 bits per heavy atom. The molecule has 0 amide bonds. The lowest BCUT2D eigenvalue weighted by atomic mass is 9.91. The summed E-state index contributed by atoms with van der Waals surface area (Å²) in [5, 5.41) is 1.23. The number of morpholine rings is 1. The molecule has 0 spiro atoms. The molecular weight excluding hydrogens is 333 g/mol. The van der Waals surface area contributed by atoms with Gasteiger partial charge in [-0.05, 0) is 37.0 Å². The second kappa shape index (κ2) is 8.68. The summed E-state index contributed by atoms with van der Waals surface area (Å²) in [5.74, 6) is 0. The Morgan fingerprint density at radius 1 is 1.09 bits per heavy atom. The highest BCUT2D eigenvalue weighted by Crippen LogP contribution is 2.27. The van der Waals surface area contributed by atoms with Crippen molar-refractivity contribution in [1.29, 1.82) is 0 Å². The average molecular weight is 358 g/mol. The number of hydrogen-bond acceptors (Lipinski definition) is 3. The SMILES string of the molecule is Clc1ccc(CCO[C@H]2CCCC[C@@H]2N2CCOCC2)cc1Cl. The number of ether oxygens (including phenoxy) is 2. The van der Waals surface area contributed by atoms with Gasteiger partial charge in [0.05, 0.1) is 36.0 Å². The van der Waals surface area contributed by atoms with E-state index in [-0.39, 0.29) is 0 Å². The van der Waals surface area contributed by atoms with Gasteiger partial charge in [-0.2, -0.15) is 0 Å². The van der Waals surface area contributed by atoms with Crippen LogP contribution in [0.5, 0.6) is 0 Å². The van der Waals surface area contributed by atoms with E-state index in [1.807, 2.05) is 18.2 Å². The molecule has 3 nitrogen and oxygen atoms in total. The standard InChI is InChI=1S/C18H25Cl2NO2/c19-15-6-5-14(13-16(15)20)7-10-23-18-4-2-1-3-17(18)21-8-11-22-12-9-21/h5-6,13,17-18H,1-4,7-12H2/t17-,18-/m0/s1. The van der Waals surface area contributed by atoms with E-state index < -0.39 is 0 Å². The monoisotopic (exact) mass is 357 g/mol. The minimum Gasteiger partial charge on any atom is -0.379 e. The molecule has 5 heteroatoms. The summed E-state index contributed by atoms with van der Waals surface area (Å²) in [5.41, 5.74) is 1.18. The van der Waals surface area contributed by atoms with Crippen LogP contribution in [0.2, 0.25) is 10.0 Å². The van der Waals surface area contributed by atoms with Gasteiger partial charge < -0.3 is 9.47 Å². The topological polar surface area (TPSA) is 21.7 Å². The van der Waals surface area contributed by atoms with Gasteiger partial charge >= 0.3 is 0 Å². The Balaban J connectivity index is 1.51. The molecule has 0 aromatic heterocycles.